The summed E-state index contributed by atoms with van der Waals surface area (Å²) in [4.78, 5) is 7.00. The van der Waals surface area contributed by atoms with Gasteiger partial charge in [-0.1, -0.05) is 0 Å². The van der Waals surface area contributed by atoms with Gasteiger partial charge in [0.1, 0.15) is 0 Å². The van der Waals surface area contributed by atoms with Crippen molar-refractivity contribution >= 4 is 23.1 Å². The quantitative estimate of drug-likeness (QED) is 0.468. The molecule has 0 atom stereocenters. The third kappa shape index (κ3) is 0.750. The first-order valence-electron chi connectivity index (χ1n) is 2.93. The molecular formula is C5H6N4S. The topological polar surface area (TPSA) is 52.7 Å². The lowest BCUT2D eigenvalue weighted by Gasteiger charge is -2.14. The molecule has 0 saturated carbocycles. The molecule has 0 unspecified atom stereocenters. The molecule has 0 spiro atoms. The minimum Gasteiger partial charge on any atom is -0.357 e. The average Bonchev–Trinajstić information content (AvgIpc) is 2.33. The van der Waals surface area contributed by atoms with E-state index in [0.717, 1.165) is 18.1 Å². The number of hydrogen-bond donors (Lipinski definition) is 3. The highest BCUT2D eigenvalue weighted by Crippen LogP contribution is 2.11. The monoisotopic (exact) mass is 154 g/mol. The summed E-state index contributed by atoms with van der Waals surface area (Å²) >= 11 is 4.87. The molecule has 2 heterocycles. The van der Waals surface area contributed by atoms with Gasteiger partial charge in [-0.25, -0.2) is 4.98 Å². The SMILES string of the molecule is S=C1NCc2[nH]cnc2N1. The number of hydrogen-bond acceptors (Lipinski definition) is 2. The van der Waals surface area contributed by atoms with E-state index in [2.05, 4.69) is 20.6 Å². The fourth-order valence-corrected chi connectivity index (χ4v) is 1.05. The van der Waals surface area contributed by atoms with Crippen LogP contribution in [0, 0.1) is 0 Å². The molecule has 4 nitrogen and oxygen atoms in total. The number of imidazole rings is 1. The molecule has 1 aliphatic heterocycles. The second kappa shape index (κ2) is 1.95. The highest BCUT2D eigenvalue weighted by molar-refractivity contribution is 7.80. The third-order valence-corrected chi connectivity index (χ3v) is 1.62. The van der Waals surface area contributed by atoms with Crippen LogP contribution in [0.3, 0.4) is 0 Å². The van der Waals surface area contributed by atoms with Crippen molar-refractivity contribution in [1.82, 2.24) is 15.3 Å². The fraction of sp³-hybridized carbons (Fsp3) is 0.200. The summed E-state index contributed by atoms with van der Waals surface area (Å²) in [5, 5.41) is 6.53. The molecule has 3 N–H and O–H groups in total. The molecule has 52 valence electrons. The second-order valence-electron chi connectivity index (χ2n) is 2.04. The van der Waals surface area contributed by atoms with Crippen LogP contribution in [-0.2, 0) is 6.54 Å². The molecule has 10 heavy (non-hydrogen) atoms. The van der Waals surface area contributed by atoms with E-state index >= 15 is 0 Å². The van der Waals surface area contributed by atoms with Crippen LogP contribution in [0.2, 0.25) is 0 Å². The van der Waals surface area contributed by atoms with Crippen LogP contribution in [-0.4, -0.2) is 15.1 Å². The Morgan fingerprint density at radius 2 is 2.50 bits per heavy atom. The Kier molecular flexibility index (Phi) is 1.10. The van der Waals surface area contributed by atoms with Gasteiger partial charge in [0.2, 0.25) is 0 Å². The van der Waals surface area contributed by atoms with Gasteiger partial charge in [-0.05, 0) is 12.2 Å². The van der Waals surface area contributed by atoms with Crippen molar-refractivity contribution in [1.29, 1.82) is 0 Å². The molecule has 1 aromatic rings. The first-order valence-corrected chi connectivity index (χ1v) is 3.34. The van der Waals surface area contributed by atoms with E-state index in [-0.39, 0.29) is 0 Å². The van der Waals surface area contributed by atoms with Crippen molar-refractivity contribution in [3.05, 3.63) is 12.0 Å². The Balaban J connectivity index is 2.39. The zero-order chi connectivity index (χ0) is 6.97. The normalized spacial score (nSPS) is 15.4. The molecule has 1 aromatic heterocycles. The number of fused-ring (bicyclic) bond motifs is 1. The van der Waals surface area contributed by atoms with Crippen LogP contribution in [0.4, 0.5) is 5.82 Å². The Hall–Kier alpha value is -1.10. The van der Waals surface area contributed by atoms with Gasteiger partial charge in [0.15, 0.2) is 10.9 Å². The number of nitrogens with one attached hydrogen (secondary N) is 3. The van der Waals surface area contributed by atoms with Crippen molar-refractivity contribution < 1.29 is 0 Å². The molecule has 1 aliphatic rings. The first kappa shape index (κ1) is 5.67. The number of thiocarbonyl (C=S) groups is 1. The summed E-state index contributed by atoms with van der Waals surface area (Å²) in [5.74, 6) is 0.837. The summed E-state index contributed by atoms with van der Waals surface area (Å²) in [6.45, 7) is 0.737. The van der Waals surface area contributed by atoms with Crippen LogP contribution >= 0.6 is 12.2 Å². The predicted octanol–water partition coefficient (Wildman–Crippen LogP) is 0.210. The third-order valence-electron chi connectivity index (χ3n) is 1.38. The zero-order valence-corrected chi connectivity index (χ0v) is 5.96. The molecule has 2 rings (SSSR count). The van der Waals surface area contributed by atoms with E-state index in [9.17, 15) is 0 Å². The Morgan fingerprint density at radius 3 is 3.40 bits per heavy atom. The smallest absolute Gasteiger partial charge is 0.172 e. The van der Waals surface area contributed by atoms with Gasteiger partial charge >= 0.3 is 0 Å². The van der Waals surface area contributed by atoms with Gasteiger partial charge in [-0.3, -0.25) is 0 Å². The van der Waals surface area contributed by atoms with E-state index in [0.29, 0.717) is 5.11 Å². The van der Waals surface area contributed by atoms with E-state index < -0.39 is 0 Å². The lowest BCUT2D eigenvalue weighted by atomic mass is 10.4. The second-order valence-corrected chi connectivity index (χ2v) is 2.45. The van der Waals surface area contributed by atoms with Crippen molar-refractivity contribution in [2.24, 2.45) is 0 Å². The minimum absolute atomic E-state index is 0.639. The highest BCUT2D eigenvalue weighted by atomic mass is 32.1. The largest absolute Gasteiger partial charge is 0.357 e. The summed E-state index contributed by atoms with van der Waals surface area (Å²) in [5.41, 5.74) is 1.05. The number of H-pyrrole nitrogens is 1. The van der Waals surface area contributed by atoms with E-state index in [4.69, 9.17) is 12.2 Å². The average molecular weight is 154 g/mol. The molecule has 0 amide bonds. The maximum absolute atomic E-state index is 4.87. The van der Waals surface area contributed by atoms with Crippen molar-refractivity contribution in [2.75, 3.05) is 5.32 Å². The summed E-state index contributed by atoms with van der Waals surface area (Å²) in [6, 6.07) is 0. The Labute approximate surface area is 63.0 Å². The molecule has 0 aromatic carbocycles. The molecule has 0 bridgehead atoms. The Morgan fingerprint density at radius 1 is 1.60 bits per heavy atom. The van der Waals surface area contributed by atoms with Crippen molar-refractivity contribution in [2.45, 2.75) is 6.54 Å². The molecular weight excluding hydrogens is 148 g/mol. The minimum atomic E-state index is 0.639. The van der Waals surface area contributed by atoms with E-state index in [1.165, 1.54) is 0 Å². The molecule has 0 aliphatic carbocycles. The van der Waals surface area contributed by atoms with Gasteiger partial charge in [0.05, 0.1) is 18.6 Å². The van der Waals surface area contributed by atoms with Crippen LogP contribution < -0.4 is 10.6 Å². The van der Waals surface area contributed by atoms with E-state index in [1.807, 2.05) is 0 Å². The molecule has 0 radical (unpaired) electrons. The molecule has 5 heteroatoms. The summed E-state index contributed by atoms with van der Waals surface area (Å²) in [7, 11) is 0. The van der Waals surface area contributed by atoms with Crippen LogP contribution in [0.5, 0.6) is 0 Å². The van der Waals surface area contributed by atoms with Crippen LogP contribution in [0.15, 0.2) is 6.33 Å². The summed E-state index contributed by atoms with van der Waals surface area (Å²) < 4.78 is 0. The highest BCUT2D eigenvalue weighted by Gasteiger charge is 2.11. The number of rotatable bonds is 0. The maximum Gasteiger partial charge on any atom is 0.172 e. The summed E-state index contributed by atoms with van der Waals surface area (Å²) in [6.07, 6.45) is 1.65. The lowest BCUT2D eigenvalue weighted by molar-refractivity contribution is 0.877. The Bertz CT molecular complexity index is 266. The van der Waals surface area contributed by atoms with Gasteiger partial charge in [-0.2, -0.15) is 0 Å². The zero-order valence-electron chi connectivity index (χ0n) is 5.14. The lowest BCUT2D eigenvalue weighted by Crippen LogP contribution is -2.33. The molecule has 0 fully saturated rings. The molecule has 0 saturated heterocycles. The number of anilines is 1. The van der Waals surface area contributed by atoms with Crippen molar-refractivity contribution in [3.8, 4) is 0 Å². The number of nitrogens with zero attached hydrogens (tertiary/aromatic N) is 1. The van der Waals surface area contributed by atoms with Gasteiger partial charge < -0.3 is 15.6 Å². The van der Waals surface area contributed by atoms with Gasteiger partial charge in [0, 0.05) is 0 Å². The van der Waals surface area contributed by atoms with Crippen LogP contribution in [0.25, 0.3) is 0 Å². The predicted molar refractivity (Wildman–Crippen MR) is 41.6 cm³/mol. The number of aromatic amines is 1. The van der Waals surface area contributed by atoms with Crippen molar-refractivity contribution in [3.63, 3.8) is 0 Å². The van der Waals surface area contributed by atoms with E-state index in [1.54, 1.807) is 6.33 Å². The van der Waals surface area contributed by atoms with Crippen LogP contribution in [0.1, 0.15) is 5.69 Å². The first-order chi connectivity index (χ1) is 4.86. The number of aromatic nitrogens is 2. The van der Waals surface area contributed by atoms with Gasteiger partial charge in [0.25, 0.3) is 0 Å². The van der Waals surface area contributed by atoms with Gasteiger partial charge in [-0.15, -0.1) is 0 Å². The maximum atomic E-state index is 4.87. The fourth-order valence-electron chi connectivity index (χ4n) is 0.884. The standard InChI is InChI=1S/C5H6N4S/c10-5-6-1-3-4(9-5)8-2-7-3/h2H,1H2,(H,7,8)(H2,6,9,10).